The fourth-order valence-electron chi connectivity index (χ4n) is 6.03. The molecule has 4 aliphatic rings. The van der Waals surface area contributed by atoms with Crippen molar-refractivity contribution in [2.45, 2.75) is 64.1 Å². The quantitative estimate of drug-likeness (QED) is 0.728. The van der Waals surface area contributed by atoms with E-state index in [1.807, 2.05) is 4.90 Å². The summed E-state index contributed by atoms with van der Waals surface area (Å²) in [6.07, 6.45) is 6.22. The van der Waals surface area contributed by atoms with Crippen LogP contribution in [0.15, 0.2) is 0 Å². The van der Waals surface area contributed by atoms with E-state index in [1.54, 1.807) is 0 Å². The highest BCUT2D eigenvalue weighted by molar-refractivity contribution is 5.82. The smallest absolute Gasteiger partial charge is 0.240 e. The van der Waals surface area contributed by atoms with Crippen LogP contribution < -0.4 is 0 Å². The summed E-state index contributed by atoms with van der Waals surface area (Å²) in [5, 5.41) is 0. The largest absolute Gasteiger partial charge is 0.378 e. The zero-order valence-corrected chi connectivity index (χ0v) is 18.2. The van der Waals surface area contributed by atoms with E-state index < -0.39 is 0 Å². The van der Waals surface area contributed by atoms with E-state index in [1.165, 1.54) is 51.9 Å². The monoisotopic (exact) mass is 392 g/mol. The van der Waals surface area contributed by atoms with Gasteiger partial charge < -0.3 is 19.4 Å². The summed E-state index contributed by atoms with van der Waals surface area (Å²) in [6, 6.07) is 1.54. The van der Waals surface area contributed by atoms with Gasteiger partial charge in [0.25, 0.3) is 0 Å². The predicted octanol–water partition coefficient (Wildman–Crippen LogP) is 1.50. The van der Waals surface area contributed by atoms with Crippen molar-refractivity contribution in [3.8, 4) is 0 Å². The van der Waals surface area contributed by atoms with Crippen LogP contribution in [0.3, 0.4) is 0 Å². The van der Waals surface area contributed by atoms with Gasteiger partial charge in [-0.05, 0) is 84.6 Å². The third-order valence-electron chi connectivity index (χ3n) is 7.96. The normalized spacial score (nSPS) is 31.1. The standard InChI is InChI=1S/C22H40N4O2/c1-18(2)24-8-4-19(5-9-24)25-10-6-22(7-11-25)16-20(23(3)17-22)21(27)26-12-14-28-15-13-26/h18-20H,4-17H2,1-3H3. The van der Waals surface area contributed by atoms with E-state index in [4.69, 9.17) is 4.74 Å². The van der Waals surface area contributed by atoms with E-state index in [9.17, 15) is 4.79 Å². The van der Waals surface area contributed by atoms with Gasteiger partial charge in [-0.15, -0.1) is 0 Å². The predicted molar refractivity (Wildman–Crippen MR) is 111 cm³/mol. The second-order valence-corrected chi connectivity index (χ2v) is 9.97. The highest BCUT2D eigenvalue weighted by Crippen LogP contribution is 2.44. The minimum atomic E-state index is 0.0823. The van der Waals surface area contributed by atoms with Gasteiger partial charge >= 0.3 is 0 Å². The molecule has 4 rings (SSSR count). The molecule has 4 fully saturated rings. The van der Waals surface area contributed by atoms with Gasteiger partial charge in [0.15, 0.2) is 0 Å². The number of morpholine rings is 1. The van der Waals surface area contributed by atoms with Gasteiger partial charge in [-0.3, -0.25) is 9.69 Å². The molecular weight excluding hydrogens is 352 g/mol. The number of hydrogen-bond acceptors (Lipinski definition) is 5. The molecule has 0 aromatic heterocycles. The molecule has 0 saturated carbocycles. The van der Waals surface area contributed by atoms with Crippen molar-refractivity contribution >= 4 is 5.91 Å². The number of nitrogens with zero attached hydrogens (tertiary/aromatic N) is 4. The van der Waals surface area contributed by atoms with Crippen molar-refractivity contribution in [3.63, 3.8) is 0 Å². The zero-order valence-electron chi connectivity index (χ0n) is 18.2. The zero-order chi connectivity index (χ0) is 19.7. The molecule has 1 unspecified atom stereocenters. The van der Waals surface area contributed by atoms with Gasteiger partial charge in [0.1, 0.15) is 0 Å². The Hall–Kier alpha value is -0.690. The first-order valence-corrected chi connectivity index (χ1v) is 11.5. The summed E-state index contributed by atoms with van der Waals surface area (Å²) in [5.41, 5.74) is 0.358. The molecule has 0 aliphatic carbocycles. The van der Waals surface area contributed by atoms with Crippen LogP contribution in [-0.4, -0.2) is 110 Å². The van der Waals surface area contributed by atoms with Crippen molar-refractivity contribution < 1.29 is 9.53 Å². The van der Waals surface area contributed by atoms with E-state index in [0.29, 0.717) is 30.6 Å². The Bertz CT molecular complexity index is 533. The second kappa shape index (κ2) is 8.58. The number of carbonyl (C=O) groups excluding carboxylic acids is 1. The highest BCUT2D eigenvalue weighted by Gasteiger charge is 2.48. The molecule has 1 atom stereocenters. The van der Waals surface area contributed by atoms with E-state index in [2.05, 4.69) is 35.6 Å². The Morgan fingerprint density at radius 3 is 2.25 bits per heavy atom. The van der Waals surface area contributed by atoms with Gasteiger partial charge in [-0.1, -0.05) is 0 Å². The number of hydrogen-bond donors (Lipinski definition) is 0. The molecule has 1 spiro atoms. The van der Waals surface area contributed by atoms with Gasteiger partial charge in [-0.25, -0.2) is 0 Å². The molecule has 0 aromatic rings. The first-order valence-electron chi connectivity index (χ1n) is 11.5. The lowest BCUT2D eigenvalue weighted by atomic mass is 9.76. The van der Waals surface area contributed by atoms with Crippen LogP contribution in [0.5, 0.6) is 0 Å². The Morgan fingerprint density at radius 1 is 1.00 bits per heavy atom. The van der Waals surface area contributed by atoms with Crippen LogP contribution in [0.4, 0.5) is 0 Å². The lowest BCUT2D eigenvalue weighted by molar-refractivity contribution is -0.139. The molecule has 0 radical (unpaired) electrons. The van der Waals surface area contributed by atoms with E-state index in [-0.39, 0.29) is 6.04 Å². The van der Waals surface area contributed by atoms with Gasteiger partial charge in [0, 0.05) is 31.7 Å². The maximum atomic E-state index is 13.0. The first kappa shape index (κ1) is 20.6. The lowest BCUT2D eigenvalue weighted by Gasteiger charge is -2.45. The maximum Gasteiger partial charge on any atom is 0.240 e. The molecule has 6 heteroatoms. The Kier molecular flexibility index (Phi) is 6.31. The van der Waals surface area contributed by atoms with E-state index >= 15 is 0 Å². The Balaban J connectivity index is 1.29. The molecule has 0 bridgehead atoms. The highest BCUT2D eigenvalue weighted by atomic mass is 16.5. The molecule has 160 valence electrons. The molecule has 6 nitrogen and oxygen atoms in total. The summed E-state index contributed by atoms with van der Waals surface area (Å²) >= 11 is 0. The van der Waals surface area contributed by atoms with Crippen LogP contribution in [-0.2, 0) is 9.53 Å². The van der Waals surface area contributed by atoms with Gasteiger partial charge in [0.05, 0.1) is 19.3 Å². The van der Waals surface area contributed by atoms with E-state index in [0.717, 1.165) is 32.1 Å². The molecule has 0 aromatic carbocycles. The summed E-state index contributed by atoms with van der Waals surface area (Å²) in [6.45, 7) is 13.6. The van der Waals surface area contributed by atoms with Crippen LogP contribution in [0.2, 0.25) is 0 Å². The summed E-state index contributed by atoms with van der Waals surface area (Å²) in [5.74, 6) is 0.339. The summed E-state index contributed by atoms with van der Waals surface area (Å²) < 4.78 is 5.42. The number of piperidine rings is 2. The minimum absolute atomic E-state index is 0.0823. The molecule has 4 aliphatic heterocycles. The number of likely N-dealkylation sites (tertiary alicyclic amines) is 3. The topological polar surface area (TPSA) is 39.3 Å². The van der Waals surface area contributed by atoms with Crippen molar-refractivity contribution in [1.82, 2.24) is 19.6 Å². The maximum absolute atomic E-state index is 13.0. The van der Waals surface area contributed by atoms with Gasteiger partial charge in [0.2, 0.25) is 5.91 Å². The summed E-state index contributed by atoms with van der Waals surface area (Å²) in [4.78, 5) is 22.8. The minimum Gasteiger partial charge on any atom is -0.378 e. The Labute approximate surface area is 171 Å². The number of ether oxygens (including phenoxy) is 1. The van der Waals surface area contributed by atoms with Crippen LogP contribution >= 0.6 is 0 Å². The SMILES string of the molecule is CC(C)N1CCC(N2CCC3(CC2)CC(C(=O)N2CCOCC2)N(C)C3)CC1. The molecule has 1 amide bonds. The van der Waals surface area contributed by atoms with Crippen molar-refractivity contribution in [1.29, 1.82) is 0 Å². The average molecular weight is 393 g/mol. The fraction of sp³-hybridized carbons (Fsp3) is 0.955. The van der Waals surface area contributed by atoms with Crippen molar-refractivity contribution in [3.05, 3.63) is 0 Å². The average Bonchev–Trinajstić information content (AvgIpc) is 3.04. The van der Waals surface area contributed by atoms with Crippen LogP contribution in [0.25, 0.3) is 0 Å². The molecule has 4 saturated heterocycles. The molecule has 4 heterocycles. The third kappa shape index (κ3) is 4.25. The Morgan fingerprint density at radius 2 is 1.64 bits per heavy atom. The number of rotatable bonds is 3. The van der Waals surface area contributed by atoms with Gasteiger partial charge in [-0.2, -0.15) is 0 Å². The molecular formula is C22H40N4O2. The van der Waals surface area contributed by atoms with Crippen molar-refractivity contribution in [2.75, 3.05) is 66.1 Å². The summed E-state index contributed by atoms with van der Waals surface area (Å²) in [7, 11) is 2.16. The second-order valence-electron chi connectivity index (χ2n) is 9.97. The lowest BCUT2D eigenvalue weighted by Crippen LogP contribution is -2.51. The molecule has 28 heavy (non-hydrogen) atoms. The third-order valence-corrected chi connectivity index (χ3v) is 7.96. The van der Waals surface area contributed by atoms with Crippen molar-refractivity contribution in [2.24, 2.45) is 5.41 Å². The van der Waals surface area contributed by atoms with Crippen LogP contribution in [0, 0.1) is 5.41 Å². The molecule has 0 N–H and O–H groups in total. The number of carbonyl (C=O) groups is 1. The number of amides is 1. The number of likely N-dealkylation sites (N-methyl/N-ethyl adjacent to an activating group) is 1. The van der Waals surface area contributed by atoms with Crippen LogP contribution in [0.1, 0.15) is 46.0 Å². The fourth-order valence-corrected chi connectivity index (χ4v) is 6.03. The first-order chi connectivity index (χ1) is 13.5.